The summed E-state index contributed by atoms with van der Waals surface area (Å²) in [7, 11) is 1.43. The first kappa shape index (κ1) is 22.2. The van der Waals surface area contributed by atoms with E-state index < -0.39 is 23.6 Å². The first-order valence-corrected chi connectivity index (χ1v) is 10.5. The molecule has 2 N–H and O–H groups in total. The van der Waals surface area contributed by atoms with Gasteiger partial charge in [0.2, 0.25) is 11.8 Å². The van der Waals surface area contributed by atoms with Crippen LogP contribution in [0, 0.1) is 11.6 Å². The summed E-state index contributed by atoms with van der Waals surface area (Å²) in [6.45, 7) is 0. The lowest BCUT2D eigenvalue weighted by atomic mass is 10.0. The predicted octanol–water partition coefficient (Wildman–Crippen LogP) is 4.38. The molecule has 4 aromatic rings. The molecule has 1 atom stereocenters. The van der Waals surface area contributed by atoms with Crippen molar-refractivity contribution in [2.45, 2.75) is 18.9 Å². The quantitative estimate of drug-likeness (QED) is 0.442. The fraction of sp³-hybridized carbons (Fsp3) is 0.154. The summed E-state index contributed by atoms with van der Waals surface area (Å²) in [5.41, 5.74) is 2.66. The number of H-pyrrole nitrogens is 1. The molecular formula is C26H23F2N3O2. The number of amides is 2. The van der Waals surface area contributed by atoms with Gasteiger partial charge in [0, 0.05) is 42.3 Å². The normalized spacial score (nSPS) is 11.8. The molecule has 1 heterocycles. The number of carbonyl (C=O) groups is 2. The van der Waals surface area contributed by atoms with Crippen molar-refractivity contribution < 1.29 is 18.4 Å². The zero-order valence-electron chi connectivity index (χ0n) is 18.0. The Hall–Kier alpha value is -4.00. The van der Waals surface area contributed by atoms with Crippen LogP contribution in [0.3, 0.4) is 0 Å². The van der Waals surface area contributed by atoms with Crippen molar-refractivity contribution in [2.75, 3.05) is 11.9 Å². The minimum Gasteiger partial charge on any atom is -0.361 e. The highest BCUT2D eigenvalue weighted by Crippen LogP contribution is 2.20. The maximum atomic E-state index is 13.7. The third kappa shape index (κ3) is 5.26. The highest BCUT2D eigenvalue weighted by Gasteiger charge is 2.26. The maximum Gasteiger partial charge on any atom is 0.249 e. The van der Waals surface area contributed by atoms with Crippen LogP contribution in [-0.2, 0) is 22.4 Å². The van der Waals surface area contributed by atoms with Gasteiger partial charge in [-0.2, -0.15) is 0 Å². The van der Waals surface area contributed by atoms with E-state index >= 15 is 0 Å². The predicted molar refractivity (Wildman–Crippen MR) is 124 cm³/mol. The van der Waals surface area contributed by atoms with E-state index in [0.717, 1.165) is 45.1 Å². The van der Waals surface area contributed by atoms with Crippen molar-refractivity contribution in [1.82, 2.24) is 10.3 Å². The summed E-state index contributed by atoms with van der Waals surface area (Å²) in [4.78, 5) is 30.5. The van der Waals surface area contributed by atoms with Crippen LogP contribution in [0.15, 0.2) is 79.0 Å². The lowest BCUT2D eigenvalue weighted by Gasteiger charge is -2.25. The number of hydrogen-bond acceptors (Lipinski definition) is 2. The average Bonchev–Trinajstić information content (AvgIpc) is 3.20. The number of likely N-dealkylation sites (N-methyl/N-ethyl adjacent to an activating group) is 1. The van der Waals surface area contributed by atoms with E-state index in [-0.39, 0.29) is 24.4 Å². The first-order chi connectivity index (χ1) is 15.9. The Morgan fingerprint density at radius 3 is 2.36 bits per heavy atom. The summed E-state index contributed by atoms with van der Waals surface area (Å²) in [5.74, 6) is -2.37. The molecule has 3 aromatic carbocycles. The Morgan fingerprint density at radius 2 is 1.64 bits per heavy atom. The molecule has 0 spiro atoms. The lowest BCUT2D eigenvalue weighted by Crippen LogP contribution is -2.49. The molecule has 5 nitrogen and oxygen atoms in total. The van der Waals surface area contributed by atoms with Gasteiger partial charge in [-0.3, -0.25) is 9.59 Å². The van der Waals surface area contributed by atoms with Gasteiger partial charge in [-0.05, 0) is 29.3 Å². The fourth-order valence-electron chi connectivity index (χ4n) is 3.84. The number of fused-ring (bicyclic) bond motifs is 1. The smallest absolute Gasteiger partial charge is 0.249 e. The number of carbonyl (C=O) groups excluding carboxylic acids is 2. The molecule has 4 rings (SSSR count). The van der Waals surface area contributed by atoms with Gasteiger partial charge in [0.25, 0.3) is 0 Å². The molecule has 1 aromatic heterocycles. The Morgan fingerprint density at radius 1 is 0.970 bits per heavy atom. The van der Waals surface area contributed by atoms with Crippen LogP contribution in [0.25, 0.3) is 10.9 Å². The van der Waals surface area contributed by atoms with Crippen molar-refractivity contribution in [2.24, 2.45) is 0 Å². The number of aromatic nitrogens is 1. The van der Waals surface area contributed by atoms with Gasteiger partial charge < -0.3 is 15.2 Å². The summed E-state index contributed by atoms with van der Waals surface area (Å²) in [6, 6.07) is 18.9. The highest BCUT2D eigenvalue weighted by atomic mass is 19.1. The number of nitrogens with one attached hydrogen (secondary N) is 2. The second-order valence-corrected chi connectivity index (χ2v) is 7.87. The van der Waals surface area contributed by atoms with Crippen LogP contribution in [0.4, 0.5) is 14.5 Å². The van der Waals surface area contributed by atoms with Crippen LogP contribution in [0.1, 0.15) is 11.1 Å². The van der Waals surface area contributed by atoms with Gasteiger partial charge in [0.15, 0.2) is 0 Å². The van der Waals surface area contributed by atoms with Crippen molar-refractivity contribution in [3.05, 3.63) is 102 Å². The van der Waals surface area contributed by atoms with Crippen molar-refractivity contribution >= 4 is 28.4 Å². The zero-order valence-corrected chi connectivity index (χ0v) is 18.0. The van der Waals surface area contributed by atoms with E-state index in [2.05, 4.69) is 10.3 Å². The molecule has 0 saturated heterocycles. The van der Waals surface area contributed by atoms with Gasteiger partial charge in [-0.1, -0.05) is 48.5 Å². The second kappa shape index (κ2) is 9.65. The van der Waals surface area contributed by atoms with Gasteiger partial charge >= 0.3 is 0 Å². The van der Waals surface area contributed by atoms with Crippen LogP contribution in [0.5, 0.6) is 0 Å². The van der Waals surface area contributed by atoms with E-state index in [4.69, 9.17) is 0 Å². The number of halogens is 2. The van der Waals surface area contributed by atoms with Gasteiger partial charge in [0.1, 0.15) is 17.7 Å². The number of benzene rings is 3. The average molecular weight is 447 g/mol. The highest BCUT2D eigenvalue weighted by molar-refractivity contribution is 5.99. The molecule has 0 radical (unpaired) electrons. The Bertz CT molecular complexity index is 1270. The van der Waals surface area contributed by atoms with Gasteiger partial charge in [-0.15, -0.1) is 0 Å². The molecule has 0 unspecified atom stereocenters. The second-order valence-electron chi connectivity index (χ2n) is 7.87. The summed E-state index contributed by atoms with van der Waals surface area (Å²) >= 11 is 0. The number of aromatic amines is 1. The van der Waals surface area contributed by atoms with Crippen LogP contribution in [0.2, 0.25) is 0 Å². The molecule has 0 aliphatic rings. The van der Waals surface area contributed by atoms with E-state index in [1.807, 2.05) is 54.6 Å². The molecule has 0 fully saturated rings. The number of rotatable bonds is 7. The van der Waals surface area contributed by atoms with Crippen molar-refractivity contribution in [3.63, 3.8) is 0 Å². The summed E-state index contributed by atoms with van der Waals surface area (Å²) in [6.07, 6.45) is 2.10. The Balaban J connectivity index is 1.56. The van der Waals surface area contributed by atoms with Crippen LogP contribution < -0.4 is 10.2 Å². The molecule has 0 aliphatic heterocycles. The summed E-state index contributed by atoms with van der Waals surface area (Å²) in [5, 5.41) is 3.75. The first-order valence-electron chi connectivity index (χ1n) is 10.5. The summed E-state index contributed by atoms with van der Waals surface area (Å²) < 4.78 is 27.4. The van der Waals surface area contributed by atoms with Crippen molar-refractivity contribution in [3.8, 4) is 0 Å². The zero-order chi connectivity index (χ0) is 23.4. The van der Waals surface area contributed by atoms with Crippen LogP contribution >= 0.6 is 0 Å². The molecular weight excluding hydrogens is 424 g/mol. The van der Waals surface area contributed by atoms with Gasteiger partial charge in [0.05, 0.1) is 6.42 Å². The SMILES string of the molecule is CN(C(=O)[C@H](Cc1ccccc1)NC(=O)Cc1c[nH]c2ccccc12)c1cc(F)cc(F)c1. The molecule has 33 heavy (non-hydrogen) atoms. The molecule has 168 valence electrons. The third-order valence-electron chi connectivity index (χ3n) is 5.51. The number of hydrogen-bond donors (Lipinski definition) is 2. The number of para-hydroxylation sites is 1. The largest absolute Gasteiger partial charge is 0.361 e. The standard InChI is InChI=1S/C26H23F2N3O2/c1-31(21-14-19(27)13-20(28)15-21)26(33)24(11-17-7-3-2-4-8-17)30-25(32)12-18-16-29-23-10-6-5-9-22(18)23/h2-10,13-16,24,29H,11-12H2,1H3,(H,30,32)/t24-/m0/s1. The van der Waals surface area contributed by atoms with E-state index in [1.165, 1.54) is 7.05 Å². The minimum atomic E-state index is -0.915. The molecule has 2 amide bonds. The van der Waals surface area contributed by atoms with Crippen molar-refractivity contribution in [1.29, 1.82) is 0 Å². The van der Waals surface area contributed by atoms with Gasteiger partial charge in [-0.25, -0.2) is 8.78 Å². The Kier molecular flexibility index (Phi) is 6.49. The maximum absolute atomic E-state index is 13.7. The lowest BCUT2D eigenvalue weighted by molar-refractivity contribution is -0.127. The monoisotopic (exact) mass is 447 g/mol. The number of anilines is 1. The number of nitrogens with zero attached hydrogens (tertiary/aromatic N) is 1. The Labute approximate surface area is 190 Å². The fourth-order valence-corrected chi connectivity index (χ4v) is 3.84. The molecule has 0 aliphatic carbocycles. The van der Waals surface area contributed by atoms with E-state index in [9.17, 15) is 18.4 Å². The molecule has 7 heteroatoms. The topological polar surface area (TPSA) is 65.2 Å². The minimum absolute atomic E-state index is 0.0708. The van der Waals surface area contributed by atoms with E-state index in [0.29, 0.717) is 0 Å². The molecule has 0 bridgehead atoms. The van der Waals surface area contributed by atoms with E-state index in [1.54, 1.807) is 6.20 Å². The molecule has 0 saturated carbocycles. The third-order valence-corrected chi connectivity index (χ3v) is 5.51. The van der Waals surface area contributed by atoms with Crippen LogP contribution in [-0.4, -0.2) is 29.9 Å².